The molecule has 1 aromatic carbocycles. The zero-order chi connectivity index (χ0) is 17.5. The number of carbonyl (C=O) groups excluding carboxylic acids is 1. The van der Waals surface area contributed by atoms with Crippen LogP contribution in [0.15, 0.2) is 23.2 Å². The van der Waals surface area contributed by atoms with Crippen LogP contribution in [0.5, 0.6) is 0 Å². The lowest BCUT2D eigenvalue weighted by Gasteiger charge is -2.28. The fraction of sp³-hybridized carbons (Fsp3) is 0.467. The number of amides is 1. The molecule has 3 rings (SSSR count). The van der Waals surface area contributed by atoms with Gasteiger partial charge in [-0.05, 0) is 25.0 Å². The minimum absolute atomic E-state index is 0.205. The van der Waals surface area contributed by atoms with Gasteiger partial charge in [0.25, 0.3) is 5.91 Å². The highest BCUT2D eigenvalue weighted by Crippen LogP contribution is 2.25. The number of aryl methyl sites for hydroxylation is 1. The number of sulfonamides is 1. The molecule has 1 aliphatic rings. The van der Waals surface area contributed by atoms with Crippen molar-refractivity contribution in [3.63, 3.8) is 0 Å². The van der Waals surface area contributed by atoms with Crippen LogP contribution in [0, 0.1) is 5.92 Å². The summed E-state index contributed by atoms with van der Waals surface area (Å²) >= 11 is 7.61. The molecule has 1 atom stereocenters. The molecule has 1 aliphatic heterocycles. The number of aromatic nitrogens is 1. The molecule has 0 radical (unpaired) electrons. The van der Waals surface area contributed by atoms with E-state index in [0.29, 0.717) is 29.2 Å². The SMILES string of the molecule is Cn1c(=NC(=O)C2CCCN(S(C)(=O)=O)C2)sc2cccc(Cl)c21. The Bertz CT molecular complexity index is 962. The Morgan fingerprint density at radius 2 is 2.17 bits per heavy atom. The van der Waals surface area contributed by atoms with E-state index in [1.54, 1.807) is 10.6 Å². The molecule has 2 aromatic rings. The van der Waals surface area contributed by atoms with Crippen LogP contribution in [0.4, 0.5) is 0 Å². The number of piperidine rings is 1. The average Bonchev–Trinajstić information content (AvgIpc) is 2.84. The Labute approximate surface area is 149 Å². The van der Waals surface area contributed by atoms with E-state index >= 15 is 0 Å². The van der Waals surface area contributed by atoms with Crippen LogP contribution in [0.2, 0.25) is 5.02 Å². The minimum atomic E-state index is -3.28. The summed E-state index contributed by atoms with van der Waals surface area (Å²) in [5, 5.41) is 0.612. The molecule has 1 saturated heterocycles. The molecule has 0 bridgehead atoms. The fourth-order valence-electron chi connectivity index (χ4n) is 2.89. The lowest BCUT2D eigenvalue weighted by Crippen LogP contribution is -2.41. The van der Waals surface area contributed by atoms with Crippen molar-refractivity contribution in [2.75, 3.05) is 19.3 Å². The van der Waals surface area contributed by atoms with Crippen molar-refractivity contribution >= 4 is 49.1 Å². The average molecular weight is 388 g/mol. The summed E-state index contributed by atoms with van der Waals surface area (Å²) in [4.78, 5) is 17.3. The highest BCUT2D eigenvalue weighted by atomic mass is 35.5. The minimum Gasteiger partial charge on any atom is -0.318 e. The van der Waals surface area contributed by atoms with Crippen molar-refractivity contribution in [2.45, 2.75) is 12.8 Å². The van der Waals surface area contributed by atoms with Crippen LogP contribution < -0.4 is 4.80 Å². The monoisotopic (exact) mass is 387 g/mol. The predicted molar refractivity (Wildman–Crippen MR) is 95.5 cm³/mol. The molecule has 1 amide bonds. The van der Waals surface area contributed by atoms with E-state index in [0.717, 1.165) is 10.2 Å². The summed E-state index contributed by atoms with van der Waals surface area (Å²) in [6, 6.07) is 5.59. The van der Waals surface area contributed by atoms with Gasteiger partial charge < -0.3 is 4.57 Å². The van der Waals surface area contributed by atoms with Gasteiger partial charge in [-0.2, -0.15) is 4.99 Å². The zero-order valence-corrected chi connectivity index (χ0v) is 15.8. The molecule has 1 unspecified atom stereocenters. The van der Waals surface area contributed by atoms with Crippen LogP contribution in [-0.4, -0.2) is 42.5 Å². The van der Waals surface area contributed by atoms with E-state index in [9.17, 15) is 13.2 Å². The number of fused-ring (bicyclic) bond motifs is 1. The number of nitrogens with zero attached hydrogens (tertiary/aromatic N) is 3. The number of halogens is 1. The van der Waals surface area contributed by atoms with Gasteiger partial charge in [0, 0.05) is 20.1 Å². The number of thiazole rings is 1. The maximum Gasteiger partial charge on any atom is 0.252 e. The number of hydrogen-bond donors (Lipinski definition) is 0. The Kier molecular flexibility index (Phi) is 4.83. The Morgan fingerprint density at radius 3 is 2.83 bits per heavy atom. The van der Waals surface area contributed by atoms with Gasteiger partial charge in [0.1, 0.15) is 0 Å². The fourth-order valence-corrected chi connectivity index (χ4v) is 5.21. The number of carbonyl (C=O) groups is 1. The predicted octanol–water partition coefficient (Wildman–Crippen LogP) is 1.99. The standard InChI is InChI=1S/C15H18ClN3O3S2/c1-18-13-11(16)6-3-7-12(13)23-15(18)17-14(20)10-5-4-8-19(9-10)24(2,21)22/h3,6-7,10H,4-5,8-9H2,1-2H3. The van der Waals surface area contributed by atoms with Crippen molar-refractivity contribution in [1.29, 1.82) is 0 Å². The molecule has 0 N–H and O–H groups in total. The molecule has 0 spiro atoms. The molecule has 24 heavy (non-hydrogen) atoms. The molecule has 9 heteroatoms. The summed E-state index contributed by atoms with van der Waals surface area (Å²) in [7, 11) is -1.46. The molecule has 0 saturated carbocycles. The quantitative estimate of drug-likeness (QED) is 0.791. The van der Waals surface area contributed by atoms with Crippen LogP contribution in [0.25, 0.3) is 10.2 Å². The topological polar surface area (TPSA) is 71.7 Å². The second-order valence-corrected chi connectivity index (χ2v) is 9.34. The van der Waals surface area contributed by atoms with Crippen molar-refractivity contribution in [2.24, 2.45) is 18.0 Å². The molecular weight excluding hydrogens is 370 g/mol. The van der Waals surface area contributed by atoms with Gasteiger partial charge in [0.15, 0.2) is 4.80 Å². The van der Waals surface area contributed by atoms with Crippen molar-refractivity contribution in [3.05, 3.63) is 28.0 Å². The number of para-hydroxylation sites is 1. The van der Waals surface area contributed by atoms with Gasteiger partial charge in [0.2, 0.25) is 10.0 Å². The lowest BCUT2D eigenvalue weighted by atomic mass is 9.99. The number of benzene rings is 1. The third-order valence-electron chi connectivity index (χ3n) is 4.18. The second kappa shape index (κ2) is 6.59. The van der Waals surface area contributed by atoms with Crippen LogP contribution >= 0.6 is 22.9 Å². The largest absolute Gasteiger partial charge is 0.318 e. The van der Waals surface area contributed by atoms with Gasteiger partial charge in [-0.1, -0.05) is 29.0 Å². The first-order valence-corrected chi connectivity index (χ1v) is 10.6. The summed E-state index contributed by atoms with van der Waals surface area (Å²) in [6.45, 7) is 0.672. The number of hydrogen-bond acceptors (Lipinski definition) is 4. The highest BCUT2D eigenvalue weighted by molar-refractivity contribution is 7.88. The van der Waals surface area contributed by atoms with Gasteiger partial charge >= 0.3 is 0 Å². The van der Waals surface area contributed by atoms with Crippen LogP contribution in [0.3, 0.4) is 0 Å². The van der Waals surface area contributed by atoms with Gasteiger partial charge in [-0.25, -0.2) is 12.7 Å². The summed E-state index contributed by atoms with van der Waals surface area (Å²) in [6.07, 6.45) is 2.50. The maximum absolute atomic E-state index is 12.5. The molecule has 6 nitrogen and oxygen atoms in total. The molecule has 130 valence electrons. The second-order valence-electron chi connectivity index (χ2n) is 5.94. The summed E-state index contributed by atoms with van der Waals surface area (Å²) in [5.41, 5.74) is 0.845. The van der Waals surface area contributed by atoms with Gasteiger partial charge in [0.05, 0.1) is 27.4 Å². The maximum atomic E-state index is 12.5. The third-order valence-corrected chi connectivity index (χ3v) is 6.85. The molecule has 1 aromatic heterocycles. The first-order chi connectivity index (χ1) is 11.3. The number of rotatable bonds is 2. The van der Waals surface area contributed by atoms with E-state index in [1.807, 2.05) is 19.2 Å². The van der Waals surface area contributed by atoms with E-state index in [-0.39, 0.29) is 12.5 Å². The van der Waals surface area contributed by atoms with E-state index < -0.39 is 15.9 Å². The summed E-state index contributed by atoms with van der Waals surface area (Å²) < 4.78 is 27.5. The van der Waals surface area contributed by atoms with Crippen molar-refractivity contribution in [1.82, 2.24) is 8.87 Å². The van der Waals surface area contributed by atoms with Crippen LogP contribution in [-0.2, 0) is 21.9 Å². The van der Waals surface area contributed by atoms with Crippen molar-refractivity contribution in [3.8, 4) is 0 Å². The smallest absolute Gasteiger partial charge is 0.252 e. The van der Waals surface area contributed by atoms with Crippen molar-refractivity contribution < 1.29 is 13.2 Å². The van der Waals surface area contributed by atoms with Crippen LogP contribution in [0.1, 0.15) is 12.8 Å². The Balaban J connectivity index is 1.93. The van der Waals surface area contributed by atoms with Gasteiger partial charge in [-0.3, -0.25) is 4.79 Å². The first-order valence-electron chi connectivity index (χ1n) is 7.55. The van der Waals surface area contributed by atoms with E-state index in [2.05, 4.69) is 4.99 Å². The Hall–Kier alpha value is -1.22. The van der Waals surface area contributed by atoms with E-state index in [1.165, 1.54) is 21.9 Å². The lowest BCUT2D eigenvalue weighted by molar-refractivity contribution is -0.122. The van der Waals surface area contributed by atoms with Gasteiger partial charge in [-0.15, -0.1) is 0 Å². The first kappa shape index (κ1) is 17.6. The molecule has 0 aliphatic carbocycles. The molecule has 2 heterocycles. The summed E-state index contributed by atoms with van der Waals surface area (Å²) in [5.74, 6) is -0.671. The highest BCUT2D eigenvalue weighted by Gasteiger charge is 2.30. The van der Waals surface area contributed by atoms with E-state index in [4.69, 9.17) is 11.6 Å². The Morgan fingerprint density at radius 1 is 1.42 bits per heavy atom. The molecule has 1 fully saturated rings. The zero-order valence-electron chi connectivity index (χ0n) is 13.4. The third kappa shape index (κ3) is 3.42. The normalized spacial score (nSPS) is 20.6. The molecular formula is C15H18ClN3O3S2.